The van der Waals surface area contributed by atoms with Crippen molar-refractivity contribution in [2.45, 2.75) is 25.9 Å². The maximum Gasteiger partial charge on any atom is 0.126 e. The van der Waals surface area contributed by atoms with Crippen LogP contribution in [0.5, 0.6) is 0 Å². The summed E-state index contributed by atoms with van der Waals surface area (Å²) < 4.78 is 13.8. The van der Waals surface area contributed by atoms with Crippen molar-refractivity contribution < 1.29 is 9.50 Å². The summed E-state index contributed by atoms with van der Waals surface area (Å²) in [5.74, 6) is -0.159. The highest BCUT2D eigenvalue weighted by Gasteiger charge is 2.15. The minimum Gasteiger partial charge on any atom is -0.395 e. The number of halogens is 1. The van der Waals surface area contributed by atoms with Crippen molar-refractivity contribution >= 4 is 0 Å². The van der Waals surface area contributed by atoms with Gasteiger partial charge in [-0.05, 0) is 30.5 Å². The standard InChI is InChI=1S/C18H22FNO/c1-15(13-17-9-5-6-10-18(17)19)20(11-12-21)14-16-7-3-2-4-8-16/h2-10,15,21H,11-14H2,1H3. The van der Waals surface area contributed by atoms with Crippen LogP contribution in [-0.2, 0) is 13.0 Å². The number of hydrogen-bond donors (Lipinski definition) is 1. The number of nitrogens with zero attached hydrogens (tertiary/aromatic N) is 1. The molecule has 21 heavy (non-hydrogen) atoms. The molecule has 0 spiro atoms. The molecule has 0 saturated carbocycles. The van der Waals surface area contributed by atoms with Gasteiger partial charge in [-0.25, -0.2) is 4.39 Å². The van der Waals surface area contributed by atoms with Gasteiger partial charge < -0.3 is 5.11 Å². The zero-order valence-corrected chi connectivity index (χ0v) is 12.4. The third-order valence-electron chi connectivity index (χ3n) is 3.71. The van der Waals surface area contributed by atoms with Crippen molar-refractivity contribution in [2.24, 2.45) is 0 Å². The topological polar surface area (TPSA) is 23.5 Å². The minimum atomic E-state index is -0.159. The summed E-state index contributed by atoms with van der Waals surface area (Å²) in [6, 6.07) is 17.2. The molecule has 0 heterocycles. The molecule has 0 fully saturated rings. The molecule has 2 nitrogen and oxygen atoms in total. The Morgan fingerprint density at radius 3 is 2.38 bits per heavy atom. The normalized spacial score (nSPS) is 12.6. The SMILES string of the molecule is CC(Cc1ccccc1F)N(CCO)Cc1ccccc1. The third kappa shape index (κ3) is 4.66. The smallest absolute Gasteiger partial charge is 0.126 e. The van der Waals surface area contributed by atoms with Crippen molar-refractivity contribution in [1.82, 2.24) is 4.90 Å². The lowest BCUT2D eigenvalue weighted by Crippen LogP contribution is -2.36. The summed E-state index contributed by atoms with van der Waals surface area (Å²) in [5.41, 5.74) is 1.92. The van der Waals surface area contributed by atoms with Crippen molar-refractivity contribution in [1.29, 1.82) is 0 Å². The van der Waals surface area contributed by atoms with Gasteiger partial charge in [0.2, 0.25) is 0 Å². The molecule has 112 valence electrons. The molecule has 1 atom stereocenters. The third-order valence-corrected chi connectivity index (χ3v) is 3.71. The predicted octanol–water partition coefficient (Wildman–Crippen LogP) is 3.25. The van der Waals surface area contributed by atoms with Crippen LogP contribution in [0.1, 0.15) is 18.1 Å². The van der Waals surface area contributed by atoms with Gasteiger partial charge in [0.1, 0.15) is 5.82 Å². The molecule has 0 aliphatic carbocycles. The molecule has 0 aliphatic rings. The second-order valence-electron chi connectivity index (χ2n) is 5.32. The average Bonchev–Trinajstić information content (AvgIpc) is 2.50. The van der Waals surface area contributed by atoms with E-state index >= 15 is 0 Å². The highest BCUT2D eigenvalue weighted by molar-refractivity contribution is 5.19. The average molecular weight is 287 g/mol. The van der Waals surface area contributed by atoms with Crippen LogP contribution in [0.15, 0.2) is 54.6 Å². The van der Waals surface area contributed by atoms with E-state index in [2.05, 4.69) is 24.0 Å². The quantitative estimate of drug-likeness (QED) is 0.845. The number of aliphatic hydroxyl groups is 1. The van der Waals surface area contributed by atoms with Crippen LogP contribution in [0.2, 0.25) is 0 Å². The summed E-state index contributed by atoms with van der Waals surface area (Å²) in [7, 11) is 0. The molecule has 2 aromatic rings. The largest absolute Gasteiger partial charge is 0.395 e. The van der Waals surface area contributed by atoms with Gasteiger partial charge in [0, 0.05) is 19.1 Å². The Balaban J connectivity index is 2.05. The maximum absolute atomic E-state index is 13.8. The van der Waals surface area contributed by atoms with E-state index < -0.39 is 0 Å². The Bertz CT molecular complexity index is 544. The summed E-state index contributed by atoms with van der Waals surface area (Å²) in [6.07, 6.45) is 0.638. The maximum atomic E-state index is 13.8. The highest BCUT2D eigenvalue weighted by atomic mass is 19.1. The first-order chi connectivity index (χ1) is 10.2. The van der Waals surface area contributed by atoms with Gasteiger partial charge in [-0.2, -0.15) is 0 Å². The number of aliphatic hydroxyl groups excluding tert-OH is 1. The lowest BCUT2D eigenvalue weighted by molar-refractivity contribution is 0.150. The number of hydrogen-bond acceptors (Lipinski definition) is 2. The van der Waals surface area contributed by atoms with Crippen LogP contribution < -0.4 is 0 Å². The molecule has 0 saturated heterocycles. The number of rotatable bonds is 7. The second-order valence-corrected chi connectivity index (χ2v) is 5.32. The van der Waals surface area contributed by atoms with E-state index in [9.17, 15) is 9.50 Å². The Kier molecular flexibility index (Phi) is 5.90. The van der Waals surface area contributed by atoms with Gasteiger partial charge in [-0.15, -0.1) is 0 Å². The van der Waals surface area contributed by atoms with Crippen LogP contribution in [0.25, 0.3) is 0 Å². The van der Waals surface area contributed by atoms with Crippen LogP contribution in [0, 0.1) is 5.82 Å². The van der Waals surface area contributed by atoms with E-state index in [1.165, 1.54) is 11.6 Å². The van der Waals surface area contributed by atoms with Gasteiger partial charge in [0.25, 0.3) is 0 Å². The van der Waals surface area contributed by atoms with E-state index in [1.54, 1.807) is 6.07 Å². The van der Waals surface area contributed by atoms with E-state index in [0.717, 1.165) is 12.1 Å². The van der Waals surface area contributed by atoms with Gasteiger partial charge in [-0.1, -0.05) is 48.5 Å². The first kappa shape index (κ1) is 15.7. The van der Waals surface area contributed by atoms with Crippen LogP contribution in [-0.4, -0.2) is 29.2 Å². The second kappa shape index (κ2) is 7.91. The van der Waals surface area contributed by atoms with Gasteiger partial charge in [0.15, 0.2) is 0 Å². The number of benzene rings is 2. The molecule has 3 heteroatoms. The fourth-order valence-electron chi connectivity index (χ4n) is 2.51. The summed E-state index contributed by atoms with van der Waals surface area (Å²) in [4.78, 5) is 2.18. The molecule has 0 aromatic heterocycles. The zero-order valence-electron chi connectivity index (χ0n) is 12.4. The van der Waals surface area contributed by atoms with Crippen LogP contribution in [0.3, 0.4) is 0 Å². The molecule has 0 amide bonds. The predicted molar refractivity (Wildman–Crippen MR) is 83.5 cm³/mol. The molecule has 2 rings (SSSR count). The molecule has 0 bridgehead atoms. The minimum absolute atomic E-state index is 0.106. The molecule has 1 N–H and O–H groups in total. The Labute approximate surface area is 125 Å². The van der Waals surface area contributed by atoms with E-state index in [-0.39, 0.29) is 18.5 Å². The zero-order chi connectivity index (χ0) is 15.1. The van der Waals surface area contributed by atoms with Gasteiger partial charge in [0.05, 0.1) is 6.61 Å². The fraction of sp³-hybridized carbons (Fsp3) is 0.333. The van der Waals surface area contributed by atoms with Gasteiger partial charge in [-0.3, -0.25) is 4.90 Å². The van der Waals surface area contributed by atoms with E-state index in [4.69, 9.17) is 0 Å². The van der Waals surface area contributed by atoms with Crippen molar-refractivity contribution in [2.75, 3.05) is 13.2 Å². The monoisotopic (exact) mass is 287 g/mol. The Morgan fingerprint density at radius 2 is 1.71 bits per heavy atom. The van der Waals surface area contributed by atoms with Crippen molar-refractivity contribution in [3.05, 3.63) is 71.5 Å². The lowest BCUT2D eigenvalue weighted by Gasteiger charge is -2.28. The lowest BCUT2D eigenvalue weighted by atomic mass is 10.0. The van der Waals surface area contributed by atoms with Gasteiger partial charge >= 0.3 is 0 Å². The van der Waals surface area contributed by atoms with E-state index in [1.807, 2.05) is 30.3 Å². The molecular formula is C18H22FNO. The van der Waals surface area contributed by atoms with Crippen molar-refractivity contribution in [3.8, 4) is 0 Å². The fourth-order valence-corrected chi connectivity index (χ4v) is 2.51. The van der Waals surface area contributed by atoms with Crippen molar-refractivity contribution in [3.63, 3.8) is 0 Å². The first-order valence-corrected chi connectivity index (χ1v) is 7.33. The van der Waals surface area contributed by atoms with E-state index in [0.29, 0.717) is 13.0 Å². The first-order valence-electron chi connectivity index (χ1n) is 7.33. The Hall–Kier alpha value is -1.71. The Morgan fingerprint density at radius 1 is 1.05 bits per heavy atom. The summed E-state index contributed by atoms with van der Waals surface area (Å²) >= 11 is 0. The summed E-state index contributed by atoms with van der Waals surface area (Å²) in [5, 5.41) is 9.27. The molecule has 2 aromatic carbocycles. The summed E-state index contributed by atoms with van der Waals surface area (Å²) in [6.45, 7) is 3.53. The highest BCUT2D eigenvalue weighted by Crippen LogP contribution is 2.15. The van der Waals surface area contributed by atoms with Crippen LogP contribution in [0.4, 0.5) is 4.39 Å². The molecule has 0 radical (unpaired) electrons. The molecule has 0 aliphatic heterocycles. The molecular weight excluding hydrogens is 265 g/mol. The molecule has 1 unspecified atom stereocenters. The van der Waals surface area contributed by atoms with Crippen LogP contribution >= 0.6 is 0 Å².